The van der Waals surface area contributed by atoms with Crippen LogP contribution in [0.4, 0.5) is 0 Å². The predicted octanol–water partition coefficient (Wildman–Crippen LogP) is 2.03. The number of rotatable bonds is 4. The van der Waals surface area contributed by atoms with Crippen molar-refractivity contribution < 1.29 is 9.53 Å². The highest BCUT2D eigenvalue weighted by molar-refractivity contribution is 5.99. The van der Waals surface area contributed by atoms with Crippen LogP contribution in [-0.2, 0) is 4.79 Å². The average Bonchev–Trinajstić information content (AvgIpc) is 2.46. The Morgan fingerprint density at radius 2 is 1.81 bits per heavy atom. The third-order valence-electron chi connectivity index (χ3n) is 3.47. The van der Waals surface area contributed by atoms with E-state index in [0.717, 1.165) is 10.8 Å². The van der Waals surface area contributed by atoms with E-state index in [0.29, 0.717) is 11.3 Å². The Bertz CT molecular complexity index is 708. The normalized spacial score (nSPS) is 11.4. The molecule has 0 amide bonds. The van der Waals surface area contributed by atoms with Gasteiger partial charge in [0.05, 0.1) is 0 Å². The van der Waals surface area contributed by atoms with Crippen LogP contribution in [0.1, 0.15) is 19.4 Å². The Kier molecular flexibility index (Phi) is 3.95. The maximum absolute atomic E-state index is 12.0. The second kappa shape index (κ2) is 5.54. The zero-order valence-corrected chi connectivity index (χ0v) is 12.4. The number of amidine groups is 1. The van der Waals surface area contributed by atoms with E-state index < -0.39 is 5.54 Å². The predicted molar refractivity (Wildman–Crippen MR) is 83.7 cm³/mol. The van der Waals surface area contributed by atoms with Crippen LogP contribution < -0.4 is 15.8 Å². The van der Waals surface area contributed by atoms with Crippen molar-refractivity contribution in [2.75, 3.05) is 7.05 Å². The molecule has 0 aliphatic carbocycles. The average molecular weight is 285 g/mol. The number of fused-ring (bicyclic) bond motifs is 1. The Labute approximate surface area is 123 Å². The monoisotopic (exact) mass is 285 g/mol. The molecule has 2 aromatic carbocycles. The van der Waals surface area contributed by atoms with Crippen molar-refractivity contribution in [1.82, 2.24) is 5.32 Å². The van der Waals surface area contributed by atoms with Crippen molar-refractivity contribution in [3.63, 3.8) is 0 Å². The van der Waals surface area contributed by atoms with Crippen molar-refractivity contribution >= 4 is 22.6 Å². The summed E-state index contributed by atoms with van der Waals surface area (Å²) in [5.74, 6) is 0.180. The molecule has 110 valence electrons. The van der Waals surface area contributed by atoms with E-state index in [9.17, 15) is 4.79 Å². The standard InChI is InChI=1S/C16H19N3O2/c1-16(2,19-3)15(20)21-13-7-6-10-8-12(14(17)18)5-4-11(10)9-13/h4-9,19H,1-3H3,(H3,17,18). The number of benzene rings is 2. The number of esters is 1. The molecule has 0 saturated carbocycles. The minimum Gasteiger partial charge on any atom is -0.425 e. The zero-order valence-electron chi connectivity index (χ0n) is 12.4. The van der Waals surface area contributed by atoms with E-state index in [1.54, 1.807) is 39.1 Å². The van der Waals surface area contributed by atoms with Crippen LogP contribution in [0, 0.1) is 5.41 Å². The van der Waals surface area contributed by atoms with E-state index >= 15 is 0 Å². The molecule has 2 aromatic rings. The molecule has 0 aliphatic heterocycles. The second-order valence-electron chi connectivity index (χ2n) is 5.40. The van der Waals surface area contributed by atoms with Crippen molar-refractivity contribution in [2.24, 2.45) is 5.73 Å². The van der Waals surface area contributed by atoms with Crippen LogP contribution in [0.3, 0.4) is 0 Å². The first-order chi connectivity index (χ1) is 9.83. The second-order valence-corrected chi connectivity index (χ2v) is 5.40. The summed E-state index contributed by atoms with van der Waals surface area (Å²) >= 11 is 0. The summed E-state index contributed by atoms with van der Waals surface area (Å²) in [6.45, 7) is 3.52. The van der Waals surface area contributed by atoms with Gasteiger partial charge in [-0.2, -0.15) is 0 Å². The smallest absolute Gasteiger partial charge is 0.331 e. The van der Waals surface area contributed by atoms with Gasteiger partial charge in [0, 0.05) is 5.56 Å². The topological polar surface area (TPSA) is 88.2 Å². The summed E-state index contributed by atoms with van der Waals surface area (Å²) in [6.07, 6.45) is 0. The van der Waals surface area contributed by atoms with Crippen LogP contribution >= 0.6 is 0 Å². The lowest BCUT2D eigenvalue weighted by Gasteiger charge is -2.21. The minimum absolute atomic E-state index is 0.0307. The molecule has 4 N–H and O–H groups in total. The van der Waals surface area contributed by atoms with Gasteiger partial charge >= 0.3 is 5.97 Å². The number of nitrogens with two attached hydrogens (primary N) is 1. The maximum Gasteiger partial charge on any atom is 0.331 e. The third kappa shape index (κ3) is 3.20. The van der Waals surface area contributed by atoms with Gasteiger partial charge in [-0.3, -0.25) is 5.41 Å². The maximum atomic E-state index is 12.0. The first-order valence-corrected chi connectivity index (χ1v) is 6.63. The highest BCUT2D eigenvalue weighted by atomic mass is 16.5. The van der Waals surface area contributed by atoms with Gasteiger partial charge in [-0.05, 0) is 49.9 Å². The van der Waals surface area contributed by atoms with Crippen molar-refractivity contribution in [2.45, 2.75) is 19.4 Å². The Morgan fingerprint density at radius 3 is 2.43 bits per heavy atom. The molecule has 0 radical (unpaired) electrons. The van der Waals surface area contributed by atoms with Gasteiger partial charge in [0.1, 0.15) is 17.1 Å². The number of nitrogens with one attached hydrogen (secondary N) is 2. The minimum atomic E-state index is -0.743. The van der Waals surface area contributed by atoms with Crippen molar-refractivity contribution in [1.29, 1.82) is 5.41 Å². The number of ether oxygens (including phenoxy) is 1. The van der Waals surface area contributed by atoms with Gasteiger partial charge in [0.15, 0.2) is 0 Å². The van der Waals surface area contributed by atoms with Crippen LogP contribution in [0.15, 0.2) is 36.4 Å². The van der Waals surface area contributed by atoms with Gasteiger partial charge < -0.3 is 15.8 Å². The summed E-state index contributed by atoms with van der Waals surface area (Å²) in [5, 5.41) is 12.2. The number of nitrogen functional groups attached to an aromatic ring is 1. The summed E-state index contributed by atoms with van der Waals surface area (Å²) in [6, 6.07) is 10.8. The Balaban J connectivity index is 2.30. The molecule has 5 nitrogen and oxygen atoms in total. The summed E-state index contributed by atoms with van der Waals surface area (Å²) < 4.78 is 5.39. The molecule has 0 aliphatic rings. The lowest BCUT2D eigenvalue weighted by Crippen LogP contribution is -2.47. The number of carbonyl (C=O) groups excluding carboxylic acids is 1. The summed E-state index contributed by atoms with van der Waals surface area (Å²) in [5.41, 5.74) is 5.40. The molecule has 0 unspecified atom stereocenters. The van der Waals surface area contributed by atoms with Gasteiger partial charge in [-0.25, -0.2) is 4.79 Å². The fourth-order valence-electron chi connectivity index (χ4n) is 1.79. The number of hydrogen-bond acceptors (Lipinski definition) is 4. The lowest BCUT2D eigenvalue weighted by atomic mass is 10.1. The highest BCUT2D eigenvalue weighted by Crippen LogP contribution is 2.23. The lowest BCUT2D eigenvalue weighted by molar-refractivity contribution is -0.140. The molecule has 21 heavy (non-hydrogen) atoms. The van der Waals surface area contributed by atoms with E-state index in [2.05, 4.69) is 5.32 Å². The van der Waals surface area contributed by atoms with E-state index in [1.807, 2.05) is 18.2 Å². The molecule has 0 spiro atoms. The zero-order chi connectivity index (χ0) is 15.6. The molecule has 0 bridgehead atoms. The van der Waals surface area contributed by atoms with Crippen LogP contribution in [0.25, 0.3) is 10.8 Å². The molecular formula is C16H19N3O2. The number of hydrogen-bond donors (Lipinski definition) is 3. The molecule has 0 fully saturated rings. The van der Waals surface area contributed by atoms with Crippen molar-refractivity contribution in [3.05, 3.63) is 42.0 Å². The molecule has 0 heterocycles. The SMILES string of the molecule is CNC(C)(C)C(=O)Oc1ccc2cc(C(=N)N)ccc2c1. The van der Waals surface area contributed by atoms with Crippen LogP contribution in [-0.4, -0.2) is 24.4 Å². The van der Waals surface area contributed by atoms with Crippen LogP contribution in [0.5, 0.6) is 5.75 Å². The third-order valence-corrected chi connectivity index (χ3v) is 3.47. The molecule has 0 atom stereocenters. The summed E-state index contributed by atoms with van der Waals surface area (Å²) in [4.78, 5) is 12.0. The van der Waals surface area contributed by atoms with E-state index in [-0.39, 0.29) is 11.8 Å². The number of carbonyl (C=O) groups is 1. The molecule has 0 saturated heterocycles. The van der Waals surface area contributed by atoms with Gasteiger partial charge in [-0.15, -0.1) is 0 Å². The Hall–Kier alpha value is -2.40. The van der Waals surface area contributed by atoms with Gasteiger partial charge in [0.25, 0.3) is 0 Å². The quantitative estimate of drug-likeness (QED) is 0.347. The van der Waals surface area contributed by atoms with Gasteiger partial charge in [0.2, 0.25) is 0 Å². The Morgan fingerprint density at radius 1 is 1.19 bits per heavy atom. The molecular weight excluding hydrogens is 266 g/mol. The number of likely N-dealkylation sites (N-methyl/N-ethyl adjacent to an activating group) is 1. The first kappa shape index (κ1) is 15.0. The largest absolute Gasteiger partial charge is 0.425 e. The highest BCUT2D eigenvalue weighted by Gasteiger charge is 2.27. The molecule has 5 heteroatoms. The fraction of sp³-hybridized carbons (Fsp3) is 0.250. The van der Waals surface area contributed by atoms with Gasteiger partial charge in [-0.1, -0.05) is 18.2 Å². The molecule has 0 aromatic heterocycles. The van der Waals surface area contributed by atoms with E-state index in [1.165, 1.54) is 0 Å². The molecule has 2 rings (SSSR count). The van der Waals surface area contributed by atoms with Crippen LogP contribution in [0.2, 0.25) is 0 Å². The summed E-state index contributed by atoms with van der Waals surface area (Å²) in [7, 11) is 1.71. The van der Waals surface area contributed by atoms with Crippen molar-refractivity contribution in [3.8, 4) is 5.75 Å². The first-order valence-electron chi connectivity index (χ1n) is 6.63. The fourth-order valence-corrected chi connectivity index (χ4v) is 1.79. The van der Waals surface area contributed by atoms with E-state index in [4.69, 9.17) is 15.9 Å².